The van der Waals surface area contributed by atoms with Crippen molar-refractivity contribution in [2.24, 2.45) is 0 Å². The number of para-hydroxylation sites is 1. The quantitative estimate of drug-likeness (QED) is 0.454. The highest BCUT2D eigenvalue weighted by atomic mass is 79.9. The third-order valence-electron chi connectivity index (χ3n) is 4.20. The average molecular weight is 447 g/mol. The van der Waals surface area contributed by atoms with Crippen molar-refractivity contribution in [1.82, 2.24) is 5.32 Å². The molecule has 27 heavy (non-hydrogen) atoms. The number of benzene rings is 2. The molecule has 0 heterocycles. The summed E-state index contributed by atoms with van der Waals surface area (Å²) in [6, 6.07) is 13.6. The van der Waals surface area contributed by atoms with Crippen LogP contribution in [0.25, 0.3) is 6.08 Å². The average Bonchev–Trinajstić information content (AvgIpc) is 2.66. The van der Waals surface area contributed by atoms with Crippen LogP contribution in [0.5, 0.6) is 5.75 Å². The number of ether oxygens (including phenoxy) is 1. The zero-order valence-corrected chi connectivity index (χ0v) is 18.0. The highest BCUT2D eigenvalue weighted by molar-refractivity contribution is 9.10. The maximum atomic E-state index is 12.2. The Balaban J connectivity index is 2.03. The maximum absolute atomic E-state index is 12.2. The standard InChI is InChI=1S/C21H23BrN2O2S/c1-4-14(2)17-7-5-6-8-18(17)23-21(27)24-20(25)12-9-15-13-16(22)10-11-19(15)26-3/h5-14H,4H2,1-3H3,(H2,23,24,25,27). The molecule has 1 unspecified atom stereocenters. The van der Waals surface area contributed by atoms with Crippen LogP contribution in [0.4, 0.5) is 5.69 Å². The molecule has 2 N–H and O–H groups in total. The molecule has 0 aliphatic heterocycles. The number of amides is 1. The summed E-state index contributed by atoms with van der Waals surface area (Å²) in [5.74, 6) is 0.775. The highest BCUT2D eigenvalue weighted by Gasteiger charge is 2.10. The number of carbonyl (C=O) groups excluding carboxylic acids is 1. The summed E-state index contributed by atoms with van der Waals surface area (Å²) in [4.78, 5) is 12.2. The molecule has 0 aromatic heterocycles. The lowest BCUT2D eigenvalue weighted by molar-refractivity contribution is -0.115. The molecule has 0 bridgehead atoms. The minimum atomic E-state index is -0.310. The largest absolute Gasteiger partial charge is 0.496 e. The first-order chi connectivity index (χ1) is 12.9. The lowest BCUT2D eigenvalue weighted by Crippen LogP contribution is -2.33. The minimum Gasteiger partial charge on any atom is -0.496 e. The van der Waals surface area contributed by atoms with Crippen molar-refractivity contribution in [3.8, 4) is 5.75 Å². The van der Waals surface area contributed by atoms with E-state index in [1.54, 1.807) is 13.2 Å². The van der Waals surface area contributed by atoms with E-state index in [9.17, 15) is 4.79 Å². The summed E-state index contributed by atoms with van der Waals surface area (Å²) in [5, 5.41) is 6.06. The van der Waals surface area contributed by atoms with Gasteiger partial charge in [-0.2, -0.15) is 0 Å². The van der Waals surface area contributed by atoms with E-state index in [1.807, 2.05) is 36.4 Å². The molecule has 0 aliphatic carbocycles. The van der Waals surface area contributed by atoms with Gasteiger partial charge in [0.1, 0.15) is 5.75 Å². The molecule has 0 saturated carbocycles. The molecule has 2 aromatic rings. The monoisotopic (exact) mass is 446 g/mol. The fraction of sp³-hybridized carbons (Fsp3) is 0.238. The van der Waals surface area contributed by atoms with E-state index >= 15 is 0 Å². The Labute approximate surface area is 174 Å². The van der Waals surface area contributed by atoms with Gasteiger partial charge in [-0.05, 0) is 60.5 Å². The number of methoxy groups -OCH3 is 1. The van der Waals surface area contributed by atoms with Crippen LogP contribution < -0.4 is 15.4 Å². The zero-order chi connectivity index (χ0) is 19.8. The molecule has 0 radical (unpaired) electrons. The number of carbonyl (C=O) groups is 1. The van der Waals surface area contributed by atoms with Gasteiger partial charge in [0.25, 0.3) is 0 Å². The van der Waals surface area contributed by atoms with E-state index in [0.29, 0.717) is 11.7 Å². The van der Waals surface area contributed by atoms with E-state index in [0.717, 1.165) is 22.1 Å². The summed E-state index contributed by atoms with van der Waals surface area (Å²) >= 11 is 8.70. The molecule has 1 amide bonds. The molecule has 2 aromatic carbocycles. The normalized spacial score (nSPS) is 11.9. The molecule has 0 aliphatic rings. The lowest BCUT2D eigenvalue weighted by atomic mass is 9.97. The molecular weight excluding hydrogens is 424 g/mol. The fourth-order valence-corrected chi connectivity index (χ4v) is 3.16. The minimum absolute atomic E-state index is 0.265. The van der Waals surface area contributed by atoms with Crippen LogP contribution in [0.2, 0.25) is 0 Å². The van der Waals surface area contributed by atoms with E-state index in [1.165, 1.54) is 11.6 Å². The molecule has 0 fully saturated rings. The second kappa shape index (κ2) is 10.2. The summed E-state index contributed by atoms with van der Waals surface area (Å²) in [6.07, 6.45) is 4.14. The molecule has 0 spiro atoms. The van der Waals surface area contributed by atoms with Gasteiger partial charge in [-0.3, -0.25) is 10.1 Å². The van der Waals surface area contributed by atoms with Gasteiger partial charge in [0, 0.05) is 21.8 Å². The molecular formula is C21H23BrN2O2S. The van der Waals surface area contributed by atoms with Gasteiger partial charge in [-0.25, -0.2) is 0 Å². The Hall–Kier alpha value is -2.18. The van der Waals surface area contributed by atoms with Gasteiger partial charge in [0.2, 0.25) is 5.91 Å². The van der Waals surface area contributed by atoms with Crippen LogP contribution in [0.15, 0.2) is 53.0 Å². The second-order valence-corrected chi connectivity index (χ2v) is 7.38. The van der Waals surface area contributed by atoms with Gasteiger partial charge in [0.15, 0.2) is 5.11 Å². The van der Waals surface area contributed by atoms with Crippen molar-refractivity contribution in [3.05, 3.63) is 64.1 Å². The van der Waals surface area contributed by atoms with Gasteiger partial charge >= 0.3 is 0 Å². The third-order valence-corrected chi connectivity index (χ3v) is 4.89. The Morgan fingerprint density at radius 2 is 2.04 bits per heavy atom. The maximum Gasteiger partial charge on any atom is 0.250 e. The van der Waals surface area contributed by atoms with Crippen LogP contribution >= 0.6 is 28.1 Å². The molecule has 4 nitrogen and oxygen atoms in total. The number of halogens is 1. The molecule has 1 atom stereocenters. The number of nitrogens with one attached hydrogen (secondary N) is 2. The lowest BCUT2D eigenvalue weighted by Gasteiger charge is -2.16. The summed E-state index contributed by atoms with van der Waals surface area (Å²) < 4.78 is 6.20. The number of anilines is 1. The van der Waals surface area contributed by atoms with Crippen molar-refractivity contribution in [3.63, 3.8) is 0 Å². The SMILES string of the molecule is CCC(C)c1ccccc1NC(=S)NC(=O)C=Cc1cc(Br)ccc1OC. The molecule has 2 rings (SSSR count). The predicted octanol–water partition coefficient (Wildman–Crippen LogP) is 5.50. The summed E-state index contributed by atoms with van der Waals surface area (Å²) in [6.45, 7) is 4.30. The van der Waals surface area contributed by atoms with Crippen molar-refractivity contribution < 1.29 is 9.53 Å². The Kier molecular flexibility index (Phi) is 8.00. The molecule has 142 valence electrons. The van der Waals surface area contributed by atoms with Crippen LogP contribution in [0.1, 0.15) is 37.3 Å². The first-order valence-corrected chi connectivity index (χ1v) is 9.87. The van der Waals surface area contributed by atoms with E-state index in [4.69, 9.17) is 17.0 Å². The Morgan fingerprint density at radius 3 is 2.74 bits per heavy atom. The van der Waals surface area contributed by atoms with Crippen LogP contribution in [-0.2, 0) is 4.79 Å². The Morgan fingerprint density at radius 1 is 1.30 bits per heavy atom. The van der Waals surface area contributed by atoms with Crippen molar-refractivity contribution in [2.75, 3.05) is 12.4 Å². The highest BCUT2D eigenvalue weighted by Crippen LogP contribution is 2.26. The summed E-state index contributed by atoms with van der Waals surface area (Å²) in [5.41, 5.74) is 2.88. The Bertz CT molecular complexity index is 852. The van der Waals surface area contributed by atoms with Gasteiger partial charge in [0.05, 0.1) is 7.11 Å². The fourth-order valence-electron chi connectivity index (χ4n) is 2.57. The predicted molar refractivity (Wildman–Crippen MR) is 119 cm³/mol. The van der Waals surface area contributed by atoms with E-state index < -0.39 is 0 Å². The first kappa shape index (κ1) is 21.1. The van der Waals surface area contributed by atoms with Gasteiger partial charge in [-0.1, -0.05) is 48.0 Å². The topological polar surface area (TPSA) is 50.4 Å². The number of rotatable bonds is 6. The van der Waals surface area contributed by atoms with Crippen LogP contribution in [0.3, 0.4) is 0 Å². The molecule has 6 heteroatoms. The zero-order valence-electron chi connectivity index (χ0n) is 15.6. The molecule has 0 saturated heterocycles. The van der Waals surface area contributed by atoms with E-state index in [-0.39, 0.29) is 11.0 Å². The smallest absolute Gasteiger partial charge is 0.250 e. The third kappa shape index (κ3) is 6.19. The van der Waals surface area contributed by atoms with Crippen LogP contribution in [-0.4, -0.2) is 18.1 Å². The van der Waals surface area contributed by atoms with Crippen molar-refractivity contribution in [2.45, 2.75) is 26.2 Å². The van der Waals surface area contributed by atoms with Crippen molar-refractivity contribution >= 4 is 50.9 Å². The summed E-state index contributed by atoms with van der Waals surface area (Å²) in [7, 11) is 1.59. The van der Waals surface area contributed by atoms with Crippen LogP contribution in [0, 0.1) is 0 Å². The van der Waals surface area contributed by atoms with Gasteiger partial charge < -0.3 is 10.1 Å². The first-order valence-electron chi connectivity index (χ1n) is 8.67. The van der Waals surface area contributed by atoms with Gasteiger partial charge in [-0.15, -0.1) is 0 Å². The number of hydrogen-bond donors (Lipinski definition) is 2. The number of thiocarbonyl (C=S) groups is 1. The second-order valence-electron chi connectivity index (χ2n) is 6.06. The van der Waals surface area contributed by atoms with Crippen molar-refractivity contribution in [1.29, 1.82) is 0 Å². The van der Waals surface area contributed by atoms with E-state index in [2.05, 4.69) is 46.5 Å². The number of hydrogen-bond acceptors (Lipinski definition) is 3.